The van der Waals surface area contributed by atoms with Gasteiger partial charge < -0.3 is 4.90 Å². The number of rotatable bonds is 4. The third-order valence-electron chi connectivity index (χ3n) is 4.96. The molecule has 150 valence electrons. The molecule has 0 bridgehead atoms. The highest BCUT2D eigenvalue weighted by Crippen LogP contribution is 2.38. The maximum Gasteiger partial charge on any atom is 0.433 e. The standard InChI is InChI=1S/C20H17F3N4O2/c1-2-8-26-11-13(9-15(26)28)14-10-16(29)27-19(24-14)17(12-6-4-3-5-7-12)18(25-27)20(21,22)23/h2-7,10,13,25H,1,8-9,11H2. The van der Waals surface area contributed by atoms with Gasteiger partial charge >= 0.3 is 6.18 Å². The normalized spacial score (nSPS) is 17.3. The fraction of sp³-hybridized carbons (Fsp3) is 0.250. The lowest BCUT2D eigenvalue weighted by Gasteiger charge is -2.13. The number of fused-ring (bicyclic) bond motifs is 1. The number of benzene rings is 1. The van der Waals surface area contributed by atoms with Crippen molar-refractivity contribution in [2.24, 2.45) is 0 Å². The molecule has 1 N–H and O–H groups in total. The third kappa shape index (κ3) is 3.32. The lowest BCUT2D eigenvalue weighted by molar-refractivity contribution is -0.140. The van der Waals surface area contributed by atoms with E-state index in [4.69, 9.17) is 0 Å². The van der Waals surface area contributed by atoms with E-state index in [1.807, 2.05) is 0 Å². The molecular weight excluding hydrogens is 385 g/mol. The molecule has 1 saturated heterocycles. The predicted molar refractivity (Wildman–Crippen MR) is 100 cm³/mol. The number of carbonyl (C=O) groups is 1. The highest BCUT2D eigenvalue weighted by molar-refractivity contribution is 5.81. The number of likely N-dealkylation sites (tertiary alicyclic amines) is 1. The van der Waals surface area contributed by atoms with Crippen molar-refractivity contribution < 1.29 is 18.0 Å². The van der Waals surface area contributed by atoms with Crippen LogP contribution in [0.4, 0.5) is 13.2 Å². The average Bonchev–Trinajstić information content (AvgIpc) is 3.24. The zero-order valence-corrected chi connectivity index (χ0v) is 15.2. The van der Waals surface area contributed by atoms with E-state index < -0.39 is 17.4 Å². The summed E-state index contributed by atoms with van der Waals surface area (Å²) in [6.45, 7) is 4.32. The zero-order chi connectivity index (χ0) is 20.8. The predicted octanol–water partition coefficient (Wildman–Crippen LogP) is 3.21. The zero-order valence-electron chi connectivity index (χ0n) is 15.2. The summed E-state index contributed by atoms with van der Waals surface area (Å²) in [5.41, 5.74) is -1.41. The molecule has 1 unspecified atom stereocenters. The van der Waals surface area contributed by atoms with Gasteiger partial charge in [0.1, 0.15) is 5.69 Å². The van der Waals surface area contributed by atoms with Crippen LogP contribution in [0.2, 0.25) is 0 Å². The molecule has 3 aromatic rings. The maximum atomic E-state index is 13.7. The van der Waals surface area contributed by atoms with Gasteiger partial charge in [0.05, 0.1) is 11.3 Å². The van der Waals surface area contributed by atoms with E-state index in [1.54, 1.807) is 29.2 Å². The van der Waals surface area contributed by atoms with E-state index in [0.717, 1.165) is 4.52 Å². The van der Waals surface area contributed by atoms with Gasteiger partial charge in [-0.15, -0.1) is 6.58 Å². The van der Waals surface area contributed by atoms with E-state index >= 15 is 0 Å². The molecule has 1 aliphatic heterocycles. The molecule has 29 heavy (non-hydrogen) atoms. The van der Waals surface area contributed by atoms with Crippen molar-refractivity contribution in [2.45, 2.75) is 18.5 Å². The average molecular weight is 402 g/mol. The lowest BCUT2D eigenvalue weighted by Crippen LogP contribution is -2.25. The Kier molecular flexibility index (Phi) is 4.52. The van der Waals surface area contributed by atoms with Crippen molar-refractivity contribution >= 4 is 11.6 Å². The molecule has 0 aliphatic carbocycles. The number of H-pyrrole nitrogens is 1. The minimum Gasteiger partial charge on any atom is -0.338 e. The first kappa shape index (κ1) is 19.0. The molecule has 1 fully saturated rings. The fourth-order valence-corrected chi connectivity index (χ4v) is 3.65. The Morgan fingerprint density at radius 1 is 1.24 bits per heavy atom. The Morgan fingerprint density at radius 3 is 2.62 bits per heavy atom. The van der Waals surface area contributed by atoms with Crippen molar-refractivity contribution in [1.82, 2.24) is 19.5 Å². The van der Waals surface area contributed by atoms with Gasteiger partial charge in [0.2, 0.25) is 5.91 Å². The first-order valence-corrected chi connectivity index (χ1v) is 8.96. The van der Waals surface area contributed by atoms with Crippen molar-refractivity contribution in [2.75, 3.05) is 13.1 Å². The van der Waals surface area contributed by atoms with Crippen LogP contribution in [0.25, 0.3) is 16.8 Å². The van der Waals surface area contributed by atoms with E-state index in [0.29, 0.717) is 24.3 Å². The van der Waals surface area contributed by atoms with Crippen molar-refractivity contribution in [1.29, 1.82) is 0 Å². The Labute approximate surface area is 163 Å². The van der Waals surface area contributed by atoms with Crippen molar-refractivity contribution in [3.63, 3.8) is 0 Å². The van der Waals surface area contributed by atoms with Crippen LogP contribution in [0.3, 0.4) is 0 Å². The number of aromatic nitrogens is 3. The molecule has 3 heterocycles. The van der Waals surface area contributed by atoms with Gasteiger partial charge in [-0.2, -0.15) is 13.2 Å². The minimum absolute atomic E-state index is 0.106. The van der Waals surface area contributed by atoms with Crippen LogP contribution in [0.1, 0.15) is 23.7 Å². The molecule has 0 radical (unpaired) electrons. The summed E-state index contributed by atoms with van der Waals surface area (Å²) in [7, 11) is 0. The summed E-state index contributed by atoms with van der Waals surface area (Å²) in [5.74, 6) is -0.474. The van der Waals surface area contributed by atoms with Crippen LogP contribution >= 0.6 is 0 Å². The van der Waals surface area contributed by atoms with Gasteiger partial charge in [0.25, 0.3) is 5.56 Å². The second-order valence-electron chi connectivity index (χ2n) is 6.89. The number of nitrogens with one attached hydrogen (secondary N) is 1. The molecular formula is C20H17F3N4O2. The molecule has 1 atom stereocenters. The summed E-state index contributed by atoms with van der Waals surface area (Å²) in [6, 6.07) is 9.17. The highest BCUT2D eigenvalue weighted by Gasteiger charge is 2.39. The van der Waals surface area contributed by atoms with Gasteiger partial charge in [0, 0.05) is 31.5 Å². The minimum atomic E-state index is -4.70. The largest absolute Gasteiger partial charge is 0.433 e. The first-order valence-electron chi connectivity index (χ1n) is 8.96. The topological polar surface area (TPSA) is 70.5 Å². The quantitative estimate of drug-likeness (QED) is 0.682. The first-order chi connectivity index (χ1) is 13.8. The number of carbonyl (C=O) groups excluding carboxylic acids is 1. The SMILES string of the molecule is C=CCN1CC(c2cc(=O)n3[nH]c(C(F)(F)F)c(-c4ccccc4)c3n2)CC1=O. The van der Waals surface area contributed by atoms with Gasteiger partial charge in [-0.1, -0.05) is 36.4 Å². The molecule has 1 aliphatic rings. The molecule has 6 nitrogen and oxygen atoms in total. The number of hydrogen-bond donors (Lipinski definition) is 1. The molecule has 2 aromatic heterocycles. The summed E-state index contributed by atoms with van der Waals surface area (Å²) in [4.78, 5) is 30.7. The third-order valence-corrected chi connectivity index (χ3v) is 4.96. The molecule has 4 rings (SSSR count). The van der Waals surface area contributed by atoms with Crippen LogP contribution in [-0.2, 0) is 11.0 Å². The van der Waals surface area contributed by atoms with E-state index in [1.165, 1.54) is 18.2 Å². The van der Waals surface area contributed by atoms with Crippen LogP contribution in [0.5, 0.6) is 0 Å². The van der Waals surface area contributed by atoms with Gasteiger partial charge in [-0.25, -0.2) is 9.50 Å². The Bertz CT molecular complexity index is 1150. The number of nitrogens with zero attached hydrogens (tertiary/aromatic N) is 3. The molecule has 0 saturated carbocycles. The monoisotopic (exact) mass is 402 g/mol. The second-order valence-corrected chi connectivity index (χ2v) is 6.89. The van der Waals surface area contributed by atoms with Crippen LogP contribution in [0, 0.1) is 0 Å². The molecule has 0 spiro atoms. The number of amides is 1. The Morgan fingerprint density at radius 2 is 1.97 bits per heavy atom. The van der Waals surface area contributed by atoms with Crippen LogP contribution in [-0.4, -0.2) is 38.5 Å². The molecule has 1 aromatic carbocycles. The summed E-state index contributed by atoms with van der Waals surface area (Å²) in [5, 5.41) is 2.15. The van der Waals surface area contributed by atoms with Crippen LogP contribution < -0.4 is 5.56 Å². The van der Waals surface area contributed by atoms with Gasteiger partial charge in [-0.05, 0) is 5.56 Å². The number of alkyl halides is 3. The lowest BCUT2D eigenvalue weighted by atomic mass is 10.0. The number of halogens is 3. The van der Waals surface area contributed by atoms with Gasteiger partial charge in [-0.3, -0.25) is 14.7 Å². The summed E-state index contributed by atoms with van der Waals surface area (Å²) >= 11 is 0. The number of aromatic amines is 1. The fourth-order valence-electron chi connectivity index (χ4n) is 3.65. The molecule has 9 heteroatoms. The smallest absolute Gasteiger partial charge is 0.338 e. The van der Waals surface area contributed by atoms with E-state index in [9.17, 15) is 22.8 Å². The van der Waals surface area contributed by atoms with Crippen molar-refractivity contribution in [3.8, 4) is 11.1 Å². The Hall–Kier alpha value is -3.36. The van der Waals surface area contributed by atoms with E-state index in [-0.39, 0.29) is 29.5 Å². The second kappa shape index (κ2) is 6.91. The van der Waals surface area contributed by atoms with Gasteiger partial charge in [0.15, 0.2) is 5.65 Å². The summed E-state index contributed by atoms with van der Waals surface area (Å²) < 4.78 is 41.8. The summed E-state index contributed by atoms with van der Waals surface area (Å²) in [6.07, 6.45) is -2.95. The highest BCUT2D eigenvalue weighted by atomic mass is 19.4. The van der Waals surface area contributed by atoms with E-state index in [2.05, 4.69) is 16.7 Å². The van der Waals surface area contributed by atoms with Crippen LogP contribution in [0.15, 0.2) is 53.8 Å². The molecule has 1 amide bonds. The number of hydrogen-bond acceptors (Lipinski definition) is 3. The maximum absolute atomic E-state index is 13.7. The Balaban J connectivity index is 1.90. The van der Waals surface area contributed by atoms with Crippen molar-refractivity contribution in [3.05, 3.63) is 70.8 Å².